The Morgan fingerprint density at radius 3 is 2.67 bits per heavy atom. The van der Waals surface area contributed by atoms with Crippen LogP contribution in [-0.2, 0) is 0 Å². The van der Waals surface area contributed by atoms with Crippen molar-refractivity contribution in [3.8, 4) is 0 Å². The number of hydrogen-bond acceptors (Lipinski definition) is 3. The van der Waals surface area contributed by atoms with Gasteiger partial charge in [-0.15, -0.1) is 0 Å². The van der Waals surface area contributed by atoms with E-state index in [1.54, 1.807) is 12.1 Å². The van der Waals surface area contributed by atoms with Gasteiger partial charge in [0.2, 0.25) is 0 Å². The van der Waals surface area contributed by atoms with Gasteiger partial charge < -0.3 is 15.5 Å². The molecule has 5 heteroatoms. The first-order chi connectivity index (χ1) is 8.49. The highest BCUT2D eigenvalue weighted by molar-refractivity contribution is 5.61. The monoisotopic (exact) mass is 255 g/mol. The third kappa shape index (κ3) is 2.56. The van der Waals surface area contributed by atoms with E-state index in [1.165, 1.54) is 6.07 Å². The molecule has 1 heterocycles. The molecule has 1 aromatic rings. The van der Waals surface area contributed by atoms with Crippen molar-refractivity contribution in [2.24, 2.45) is 0 Å². The summed E-state index contributed by atoms with van der Waals surface area (Å²) < 4.78 is 26.1. The van der Waals surface area contributed by atoms with Gasteiger partial charge in [0.05, 0.1) is 0 Å². The molecule has 1 unspecified atom stereocenters. The summed E-state index contributed by atoms with van der Waals surface area (Å²) in [4.78, 5) is 4.25. The highest BCUT2D eigenvalue weighted by Gasteiger charge is 2.25. The molecule has 2 rings (SSSR count). The van der Waals surface area contributed by atoms with Crippen LogP contribution in [-0.4, -0.2) is 37.6 Å². The van der Waals surface area contributed by atoms with Crippen LogP contribution in [0.3, 0.4) is 0 Å². The number of rotatable bonds is 2. The van der Waals surface area contributed by atoms with E-state index < -0.39 is 6.43 Å². The lowest BCUT2D eigenvalue weighted by Crippen LogP contribution is -2.50. The number of anilines is 2. The van der Waals surface area contributed by atoms with E-state index in [9.17, 15) is 8.78 Å². The molecule has 2 N–H and O–H groups in total. The number of nitrogen functional groups attached to an aromatic ring is 1. The van der Waals surface area contributed by atoms with Gasteiger partial charge in [0.15, 0.2) is 0 Å². The van der Waals surface area contributed by atoms with Crippen molar-refractivity contribution >= 4 is 11.4 Å². The first-order valence-corrected chi connectivity index (χ1v) is 6.12. The minimum Gasteiger partial charge on any atom is -0.399 e. The summed E-state index contributed by atoms with van der Waals surface area (Å²) in [6.45, 7) is 4.59. The van der Waals surface area contributed by atoms with Gasteiger partial charge in [-0.05, 0) is 32.2 Å². The second kappa shape index (κ2) is 5.10. The second-order valence-corrected chi connectivity index (χ2v) is 4.92. The van der Waals surface area contributed by atoms with Gasteiger partial charge in [-0.3, -0.25) is 0 Å². The highest BCUT2D eigenvalue weighted by Crippen LogP contribution is 2.33. The molecule has 100 valence electrons. The molecule has 1 atom stereocenters. The Kier molecular flexibility index (Phi) is 3.71. The Morgan fingerprint density at radius 1 is 1.33 bits per heavy atom. The summed E-state index contributed by atoms with van der Waals surface area (Å²) >= 11 is 0. The highest BCUT2D eigenvalue weighted by atomic mass is 19.3. The summed E-state index contributed by atoms with van der Waals surface area (Å²) in [6.07, 6.45) is -2.49. The second-order valence-electron chi connectivity index (χ2n) is 4.92. The number of likely N-dealkylation sites (N-methyl/N-ethyl adjacent to an activating group) is 1. The largest absolute Gasteiger partial charge is 0.399 e. The van der Waals surface area contributed by atoms with Gasteiger partial charge >= 0.3 is 0 Å². The molecule has 0 radical (unpaired) electrons. The molecule has 18 heavy (non-hydrogen) atoms. The minimum absolute atomic E-state index is 0.0337. The van der Waals surface area contributed by atoms with E-state index in [1.807, 2.05) is 11.9 Å². The quantitative estimate of drug-likeness (QED) is 0.823. The number of hydrogen-bond donors (Lipinski definition) is 1. The van der Waals surface area contributed by atoms with Crippen molar-refractivity contribution in [2.45, 2.75) is 19.4 Å². The van der Waals surface area contributed by atoms with Crippen LogP contribution in [0.1, 0.15) is 18.9 Å². The third-order valence-electron chi connectivity index (χ3n) is 3.43. The van der Waals surface area contributed by atoms with Crippen molar-refractivity contribution in [1.29, 1.82) is 0 Å². The maximum absolute atomic E-state index is 13.1. The molecule has 1 aromatic carbocycles. The number of piperazine rings is 1. The van der Waals surface area contributed by atoms with Crippen LogP contribution < -0.4 is 10.6 Å². The molecular weight excluding hydrogens is 236 g/mol. The Bertz CT molecular complexity index is 423. The lowest BCUT2D eigenvalue weighted by molar-refractivity contribution is 0.151. The summed E-state index contributed by atoms with van der Waals surface area (Å²) in [5, 5.41) is 0. The predicted molar refractivity (Wildman–Crippen MR) is 70.1 cm³/mol. The average molecular weight is 255 g/mol. The molecule has 1 aliphatic heterocycles. The number of alkyl halides is 2. The average Bonchev–Trinajstić information content (AvgIpc) is 2.29. The van der Waals surface area contributed by atoms with Gasteiger partial charge in [-0.2, -0.15) is 0 Å². The normalized spacial score (nSPS) is 21.6. The Hall–Kier alpha value is -1.36. The van der Waals surface area contributed by atoms with Crippen LogP contribution in [0.4, 0.5) is 20.2 Å². The standard InChI is InChI=1S/C13H19F2N3/c1-9-8-17(2)5-6-18(9)12-4-3-10(16)7-11(12)13(14)15/h3-4,7,9,13H,5-6,8,16H2,1-2H3. The first kappa shape index (κ1) is 13.1. The van der Waals surface area contributed by atoms with Gasteiger partial charge in [-0.1, -0.05) is 0 Å². The van der Waals surface area contributed by atoms with Crippen LogP contribution in [0, 0.1) is 0 Å². The molecule has 3 nitrogen and oxygen atoms in total. The number of nitrogens with zero attached hydrogens (tertiary/aromatic N) is 2. The molecule has 0 aliphatic carbocycles. The van der Waals surface area contributed by atoms with Crippen molar-refractivity contribution in [2.75, 3.05) is 37.3 Å². The lowest BCUT2D eigenvalue weighted by atomic mass is 10.1. The Morgan fingerprint density at radius 2 is 2.06 bits per heavy atom. The van der Waals surface area contributed by atoms with E-state index in [-0.39, 0.29) is 11.6 Å². The molecule has 0 amide bonds. The third-order valence-corrected chi connectivity index (χ3v) is 3.43. The topological polar surface area (TPSA) is 32.5 Å². The van der Waals surface area contributed by atoms with E-state index in [0.717, 1.165) is 19.6 Å². The fraction of sp³-hybridized carbons (Fsp3) is 0.538. The first-order valence-electron chi connectivity index (χ1n) is 6.12. The maximum Gasteiger partial charge on any atom is 0.265 e. The Labute approximate surface area is 106 Å². The van der Waals surface area contributed by atoms with Crippen LogP contribution in [0.15, 0.2) is 18.2 Å². The van der Waals surface area contributed by atoms with Crippen LogP contribution in [0.5, 0.6) is 0 Å². The molecule has 0 saturated carbocycles. The van der Waals surface area contributed by atoms with E-state index >= 15 is 0 Å². The maximum atomic E-state index is 13.1. The summed E-state index contributed by atoms with van der Waals surface area (Å²) in [6, 6.07) is 5.00. The van der Waals surface area contributed by atoms with E-state index in [4.69, 9.17) is 5.73 Å². The van der Waals surface area contributed by atoms with Crippen LogP contribution in [0.2, 0.25) is 0 Å². The smallest absolute Gasteiger partial charge is 0.265 e. The molecule has 0 spiro atoms. The van der Waals surface area contributed by atoms with Crippen LogP contribution in [0.25, 0.3) is 0 Å². The van der Waals surface area contributed by atoms with Gasteiger partial charge in [0.25, 0.3) is 6.43 Å². The zero-order chi connectivity index (χ0) is 13.3. The molecular formula is C13H19F2N3. The minimum atomic E-state index is -2.49. The summed E-state index contributed by atoms with van der Waals surface area (Å²) in [5.74, 6) is 0. The molecule has 0 aromatic heterocycles. The van der Waals surface area contributed by atoms with Crippen molar-refractivity contribution in [3.05, 3.63) is 23.8 Å². The number of benzene rings is 1. The van der Waals surface area contributed by atoms with E-state index in [2.05, 4.69) is 11.8 Å². The summed E-state index contributed by atoms with van der Waals surface area (Å²) in [5.41, 5.74) is 6.62. The molecule has 1 saturated heterocycles. The fourth-order valence-electron chi connectivity index (χ4n) is 2.51. The van der Waals surface area contributed by atoms with Crippen LogP contribution >= 0.6 is 0 Å². The van der Waals surface area contributed by atoms with Gasteiger partial charge in [-0.25, -0.2) is 8.78 Å². The Balaban J connectivity index is 2.32. The molecule has 1 aliphatic rings. The molecule has 0 bridgehead atoms. The predicted octanol–water partition coefficient (Wildman–Crippen LogP) is 2.35. The zero-order valence-electron chi connectivity index (χ0n) is 10.7. The summed E-state index contributed by atoms with van der Waals surface area (Å²) in [7, 11) is 2.05. The van der Waals surface area contributed by atoms with Gasteiger partial charge in [0.1, 0.15) is 0 Å². The zero-order valence-corrected chi connectivity index (χ0v) is 10.7. The number of halogens is 2. The molecule has 1 fully saturated rings. The van der Waals surface area contributed by atoms with Crippen molar-refractivity contribution in [1.82, 2.24) is 4.90 Å². The SMILES string of the molecule is CC1CN(C)CCN1c1ccc(N)cc1C(F)F. The number of nitrogens with two attached hydrogens (primary N) is 1. The van der Waals surface area contributed by atoms with Gasteiger partial charge in [0, 0.05) is 42.6 Å². The lowest BCUT2D eigenvalue weighted by Gasteiger charge is -2.40. The van der Waals surface area contributed by atoms with E-state index in [0.29, 0.717) is 11.4 Å². The van der Waals surface area contributed by atoms with Crippen molar-refractivity contribution < 1.29 is 8.78 Å². The van der Waals surface area contributed by atoms with Crippen molar-refractivity contribution in [3.63, 3.8) is 0 Å². The fourth-order valence-corrected chi connectivity index (χ4v) is 2.51.